The fraction of sp³-hybridized carbons (Fsp3) is 0.158. The molecule has 0 aliphatic carbocycles. The van der Waals surface area contributed by atoms with Gasteiger partial charge in [-0.1, -0.05) is 18.7 Å². The molecule has 0 unspecified atom stereocenters. The number of ether oxygens (including phenoxy) is 1. The molecule has 0 spiro atoms. The van der Waals surface area contributed by atoms with Crippen LogP contribution in [0.15, 0.2) is 46.1 Å². The van der Waals surface area contributed by atoms with E-state index in [2.05, 4.69) is 6.58 Å². The van der Waals surface area contributed by atoms with Gasteiger partial charge in [0.2, 0.25) is 0 Å². The number of para-hydroxylation sites is 1. The monoisotopic (exact) mass is 371 g/mol. The zero-order valence-electron chi connectivity index (χ0n) is 14.5. The van der Waals surface area contributed by atoms with Crippen LogP contribution < -0.4 is 15.3 Å². The van der Waals surface area contributed by atoms with E-state index in [-0.39, 0.29) is 17.2 Å². The standard InChI is InChI=1S/C19H17NO5S/c1-10-6-5-7-12(17(10)24-4)18(22)20(3)16-9-14-15(26-16)8-13(11(2)21)19(23)25-14/h5-9,21H,2H2,1,3-4H3. The molecule has 2 heterocycles. The Bertz CT molecular complexity index is 1080. The summed E-state index contributed by atoms with van der Waals surface area (Å²) >= 11 is 1.27. The highest BCUT2D eigenvalue weighted by Gasteiger charge is 2.21. The van der Waals surface area contributed by atoms with E-state index in [9.17, 15) is 14.7 Å². The fourth-order valence-electron chi connectivity index (χ4n) is 2.64. The number of hydrogen-bond acceptors (Lipinski definition) is 6. The largest absolute Gasteiger partial charge is 0.508 e. The quantitative estimate of drug-likeness (QED) is 0.702. The van der Waals surface area contributed by atoms with Crippen molar-refractivity contribution < 1.29 is 19.1 Å². The second kappa shape index (κ2) is 6.68. The van der Waals surface area contributed by atoms with Gasteiger partial charge in [0, 0.05) is 13.1 Å². The van der Waals surface area contributed by atoms with E-state index < -0.39 is 5.63 Å². The Balaban J connectivity index is 2.04. The van der Waals surface area contributed by atoms with E-state index in [1.165, 1.54) is 29.4 Å². The van der Waals surface area contributed by atoms with Crippen molar-refractivity contribution in [2.45, 2.75) is 6.92 Å². The number of hydrogen-bond donors (Lipinski definition) is 1. The van der Waals surface area contributed by atoms with Gasteiger partial charge < -0.3 is 19.2 Å². The molecule has 7 heteroatoms. The second-order valence-electron chi connectivity index (χ2n) is 5.73. The van der Waals surface area contributed by atoms with E-state index >= 15 is 0 Å². The van der Waals surface area contributed by atoms with Crippen molar-refractivity contribution in [3.63, 3.8) is 0 Å². The number of benzene rings is 1. The molecule has 3 aromatic rings. The summed E-state index contributed by atoms with van der Waals surface area (Å²) in [6, 6.07) is 8.48. The molecule has 0 saturated heterocycles. The maximum absolute atomic E-state index is 12.9. The minimum atomic E-state index is -0.677. The van der Waals surface area contributed by atoms with E-state index in [1.807, 2.05) is 13.0 Å². The SMILES string of the molecule is C=C(O)c1cc2sc(N(C)C(=O)c3cccc(C)c3OC)cc2oc1=O. The number of aryl methyl sites for hydroxylation is 1. The van der Waals surface area contributed by atoms with Crippen molar-refractivity contribution in [1.82, 2.24) is 0 Å². The molecule has 0 fully saturated rings. The Kier molecular flexibility index (Phi) is 4.56. The summed E-state index contributed by atoms with van der Waals surface area (Å²) in [6.07, 6.45) is 0. The first-order chi connectivity index (χ1) is 12.3. The van der Waals surface area contributed by atoms with Gasteiger partial charge in [-0.3, -0.25) is 4.79 Å². The van der Waals surface area contributed by atoms with Gasteiger partial charge in [-0.05, 0) is 24.6 Å². The maximum Gasteiger partial charge on any atom is 0.347 e. The Morgan fingerprint density at radius 2 is 2.04 bits per heavy atom. The van der Waals surface area contributed by atoms with Crippen LogP contribution in [0.2, 0.25) is 0 Å². The summed E-state index contributed by atoms with van der Waals surface area (Å²) in [5.74, 6) is -0.0772. The average Bonchev–Trinajstić information content (AvgIpc) is 3.02. The van der Waals surface area contributed by atoms with E-state index in [4.69, 9.17) is 9.15 Å². The number of nitrogens with zero attached hydrogens (tertiary/aromatic N) is 1. The molecule has 0 atom stereocenters. The molecule has 0 bridgehead atoms. The van der Waals surface area contributed by atoms with Crippen molar-refractivity contribution >= 4 is 38.3 Å². The van der Waals surface area contributed by atoms with Gasteiger partial charge in [-0.25, -0.2) is 4.79 Å². The van der Waals surface area contributed by atoms with Gasteiger partial charge >= 0.3 is 5.63 Å². The average molecular weight is 371 g/mol. The molecule has 6 nitrogen and oxygen atoms in total. The molecule has 1 amide bonds. The molecule has 3 rings (SSSR count). The molecule has 0 aliphatic rings. The first-order valence-electron chi connectivity index (χ1n) is 7.71. The summed E-state index contributed by atoms with van der Waals surface area (Å²) in [5.41, 5.74) is 0.971. The lowest BCUT2D eigenvalue weighted by atomic mass is 10.1. The van der Waals surface area contributed by atoms with Crippen molar-refractivity contribution in [3.05, 3.63) is 64.0 Å². The molecule has 26 heavy (non-hydrogen) atoms. The minimum Gasteiger partial charge on any atom is -0.508 e. The fourth-order valence-corrected chi connectivity index (χ4v) is 3.63. The van der Waals surface area contributed by atoms with Gasteiger partial charge in [-0.15, -0.1) is 11.3 Å². The van der Waals surface area contributed by atoms with Crippen LogP contribution in [-0.2, 0) is 0 Å². The van der Waals surface area contributed by atoms with Crippen molar-refractivity contribution in [2.75, 3.05) is 19.1 Å². The number of carbonyl (C=O) groups excluding carboxylic acids is 1. The van der Waals surface area contributed by atoms with Crippen LogP contribution in [0.5, 0.6) is 5.75 Å². The zero-order valence-corrected chi connectivity index (χ0v) is 15.3. The third kappa shape index (κ3) is 2.97. The van der Waals surface area contributed by atoms with Gasteiger partial charge in [0.15, 0.2) is 5.58 Å². The first kappa shape index (κ1) is 17.8. The molecular formula is C19H17NO5S. The number of thiophene rings is 1. The van der Waals surface area contributed by atoms with Gasteiger partial charge in [0.05, 0.1) is 17.4 Å². The Labute approximate surface area is 153 Å². The zero-order chi connectivity index (χ0) is 19.0. The summed E-state index contributed by atoms with van der Waals surface area (Å²) in [5, 5.41) is 10.1. The van der Waals surface area contributed by atoms with E-state index in [0.29, 0.717) is 26.6 Å². The van der Waals surface area contributed by atoms with Crippen LogP contribution in [0.25, 0.3) is 16.0 Å². The topological polar surface area (TPSA) is 80.0 Å². The first-order valence-corrected chi connectivity index (χ1v) is 8.52. The Morgan fingerprint density at radius 3 is 2.69 bits per heavy atom. The predicted molar refractivity (Wildman–Crippen MR) is 102 cm³/mol. The molecule has 0 aliphatic heterocycles. The van der Waals surface area contributed by atoms with E-state index in [0.717, 1.165) is 5.56 Å². The molecular weight excluding hydrogens is 354 g/mol. The number of amides is 1. The third-order valence-corrected chi connectivity index (χ3v) is 5.14. The minimum absolute atomic E-state index is 0.000216. The number of aliphatic hydroxyl groups excluding tert-OH is 1. The molecule has 0 saturated carbocycles. The van der Waals surface area contributed by atoms with Crippen molar-refractivity contribution in [3.8, 4) is 5.75 Å². The highest BCUT2D eigenvalue weighted by Crippen LogP contribution is 2.34. The normalized spacial score (nSPS) is 10.7. The van der Waals surface area contributed by atoms with Gasteiger partial charge in [0.1, 0.15) is 22.1 Å². The molecule has 1 aromatic carbocycles. The Morgan fingerprint density at radius 1 is 1.31 bits per heavy atom. The molecule has 0 radical (unpaired) electrons. The summed E-state index contributed by atoms with van der Waals surface area (Å²) < 4.78 is 11.2. The second-order valence-corrected chi connectivity index (χ2v) is 6.79. The number of aliphatic hydroxyl groups is 1. The van der Waals surface area contributed by atoms with Gasteiger partial charge in [-0.2, -0.15) is 0 Å². The number of carbonyl (C=O) groups is 1. The number of fused-ring (bicyclic) bond motifs is 1. The lowest BCUT2D eigenvalue weighted by molar-refractivity contribution is 0.0990. The maximum atomic E-state index is 12.9. The van der Waals surface area contributed by atoms with Crippen LogP contribution >= 0.6 is 11.3 Å². The van der Waals surface area contributed by atoms with Crippen LogP contribution in [0, 0.1) is 6.92 Å². The smallest absolute Gasteiger partial charge is 0.347 e. The van der Waals surface area contributed by atoms with Crippen molar-refractivity contribution in [2.24, 2.45) is 0 Å². The predicted octanol–water partition coefficient (Wildman–Crippen LogP) is 3.98. The lowest BCUT2D eigenvalue weighted by Gasteiger charge is -2.17. The van der Waals surface area contributed by atoms with Crippen LogP contribution in [0.4, 0.5) is 5.00 Å². The number of rotatable bonds is 4. The van der Waals surface area contributed by atoms with Crippen LogP contribution in [-0.4, -0.2) is 25.2 Å². The molecule has 2 aromatic heterocycles. The third-order valence-electron chi connectivity index (χ3n) is 4.00. The van der Waals surface area contributed by atoms with E-state index in [1.54, 1.807) is 25.2 Å². The number of methoxy groups -OCH3 is 1. The Hall–Kier alpha value is -3.06. The van der Waals surface area contributed by atoms with Crippen molar-refractivity contribution in [1.29, 1.82) is 0 Å². The molecule has 1 N–H and O–H groups in total. The summed E-state index contributed by atoms with van der Waals surface area (Å²) in [4.78, 5) is 26.2. The lowest BCUT2D eigenvalue weighted by Crippen LogP contribution is -2.26. The highest BCUT2D eigenvalue weighted by atomic mass is 32.1. The summed E-state index contributed by atoms with van der Waals surface area (Å²) in [7, 11) is 3.16. The van der Waals surface area contributed by atoms with Gasteiger partial charge in [0.25, 0.3) is 5.91 Å². The highest BCUT2D eigenvalue weighted by molar-refractivity contribution is 7.22. The van der Waals surface area contributed by atoms with Crippen LogP contribution in [0.3, 0.4) is 0 Å². The molecule has 134 valence electrons. The summed E-state index contributed by atoms with van der Waals surface area (Å²) in [6.45, 7) is 5.22. The van der Waals surface area contributed by atoms with Crippen LogP contribution in [0.1, 0.15) is 21.5 Å². The number of anilines is 1.